The third-order valence-corrected chi connectivity index (χ3v) is 8.64. The van der Waals surface area contributed by atoms with Crippen LogP contribution in [0.4, 0.5) is 4.39 Å². The summed E-state index contributed by atoms with van der Waals surface area (Å²) >= 11 is 1.53. The minimum Gasteiger partial charge on any atom is -0.337 e. The number of halogens is 1. The molecule has 1 aliphatic rings. The molecule has 8 nitrogen and oxygen atoms in total. The van der Waals surface area contributed by atoms with Gasteiger partial charge in [-0.15, -0.1) is 11.3 Å². The summed E-state index contributed by atoms with van der Waals surface area (Å²) in [6.45, 7) is 0. The predicted molar refractivity (Wildman–Crippen MR) is 147 cm³/mol. The Bertz CT molecular complexity index is 2150. The van der Waals surface area contributed by atoms with Crippen LogP contribution in [0.2, 0.25) is 0 Å². The highest BCUT2D eigenvalue weighted by Gasteiger charge is 2.25. The largest absolute Gasteiger partial charge is 0.337 e. The number of pyridine rings is 2. The van der Waals surface area contributed by atoms with Crippen molar-refractivity contribution in [2.24, 2.45) is 5.92 Å². The molecule has 0 saturated heterocycles. The van der Waals surface area contributed by atoms with Crippen LogP contribution in [-0.2, 0) is 0 Å². The molecule has 1 aromatic carbocycles. The summed E-state index contributed by atoms with van der Waals surface area (Å²) in [5, 5.41) is 8.99. The molecule has 8 bridgehead atoms. The maximum Gasteiger partial charge on any atom is 0.235 e. The number of imidazole rings is 1. The summed E-state index contributed by atoms with van der Waals surface area (Å²) in [5.41, 5.74) is 3.62. The maximum atomic E-state index is 16.2. The second-order valence-corrected chi connectivity index (χ2v) is 10.9. The molecule has 1 saturated carbocycles. The lowest BCUT2D eigenvalue weighted by molar-refractivity contribution is 0.0847. The van der Waals surface area contributed by atoms with Gasteiger partial charge < -0.3 is 4.98 Å². The van der Waals surface area contributed by atoms with Crippen molar-refractivity contribution in [2.45, 2.75) is 25.7 Å². The monoisotopic (exact) mass is 521 g/mol. The number of hydrogen-bond acceptors (Lipinski definition) is 6. The number of nitrogens with one attached hydrogen (secondary N) is 2. The third kappa shape index (κ3) is 3.10. The molecule has 1 aliphatic carbocycles. The Morgan fingerprint density at radius 1 is 1.03 bits per heavy atom. The van der Waals surface area contributed by atoms with E-state index in [9.17, 15) is 4.79 Å². The number of carbonyl (C=O) groups is 1. The van der Waals surface area contributed by atoms with E-state index in [2.05, 4.69) is 25.1 Å². The van der Waals surface area contributed by atoms with Gasteiger partial charge >= 0.3 is 0 Å². The van der Waals surface area contributed by atoms with E-state index in [0.717, 1.165) is 51.6 Å². The van der Waals surface area contributed by atoms with Crippen molar-refractivity contribution in [2.75, 3.05) is 0 Å². The zero-order valence-corrected chi connectivity index (χ0v) is 20.8. The lowest BCUT2D eigenvalue weighted by atomic mass is 10.1. The number of para-hydroxylation sites is 1. The van der Waals surface area contributed by atoms with Crippen molar-refractivity contribution >= 4 is 81.7 Å². The minimum absolute atomic E-state index is 0.0421. The zero-order chi connectivity index (χ0) is 25.4. The number of benzene rings is 1. The average Bonchev–Trinajstić information content (AvgIpc) is 3.74. The summed E-state index contributed by atoms with van der Waals surface area (Å²) < 4.78 is 18.9. The van der Waals surface area contributed by atoms with E-state index in [-0.39, 0.29) is 17.3 Å². The zero-order valence-electron chi connectivity index (χ0n) is 20.0. The van der Waals surface area contributed by atoms with E-state index >= 15 is 4.39 Å². The van der Waals surface area contributed by atoms with Crippen LogP contribution in [0, 0.1) is 11.7 Å². The lowest BCUT2D eigenvalue weighted by Crippen LogP contribution is -2.19. The Hall–Kier alpha value is -4.44. The standard InChI is InChI=1S/C28H20FN7OS/c29-23-22-19-13-31-24(23)15-10-16(12-30-11-15)36(28(37)14-4-1-2-5-14)21-9-8-20(38-21)17-6-3-7-18-25(17)33-27(32-18)26(22)35-34-19/h3,6-14H,1-2,4-5H2,(H,32,33)(H,34,35). The van der Waals surface area contributed by atoms with Gasteiger partial charge in [-0.25, -0.2) is 9.37 Å². The van der Waals surface area contributed by atoms with Crippen LogP contribution in [0.25, 0.3) is 64.4 Å². The summed E-state index contributed by atoms with van der Waals surface area (Å²) in [6, 6.07) is 11.7. The second kappa shape index (κ2) is 8.03. The van der Waals surface area contributed by atoms with Gasteiger partial charge in [-0.05, 0) is 37.1 Å². The molecular weight excluding hydrogens is 501 g/mol. The molecule has 6 heterocycles. The number of carbonyl (C=O) groups excluding carboxylic acids is 1. The quantitative estimate of drug-likeness (QED) is 0.247. The summed E-state index contributed by atoms with van der Waals surface area (Å²) in [4.78, 5) is 31.7. The number of fused-ring (bicyclic) bond motifs is 9. The predicted octanol–water partition coefficient (Wildman–Crippen LogP) is 6.80. The highest BCUT2D eigenvalue weighted by Crippen LogP contribution is 2.33. The van der Waals surface area contributed by atoms with Gasteiger partial charge in [0, 0.05) is 27.6 Å². The molecule has 8 rings (SSSR count). The molecule has 0 radical (unpaired) electrons. The van der Waals surface area contributed by atoms with Crippen LogP contribution >= 0.6 is 11.3 Å². The Morgan fingerprint density at radius 3 is 2.82 bits per heavy atom. The first-order valence-corrected chi connectivity index (χ1v) is 13.4. The van der Waals surface area contributed by atoms with E-state index in [1.54, 1.807) is 29.2 Å². The van der Waals surface area contributed by atoms with E-state index in [0.29, 0.717) is 33.0 Å². The molecule has 0 unspecified atom stereocenters. The number of nitrogens with zero attached hydrogens (tertiary/aromatic N) is 5. The van der Waals surface area contributed by atoms with Gasteiger partial charge in [0.1, 0.15) is 15.9 Å². The summed E-state index contributed by atoms with van der Waals surface area (Å²) in [7, 11) is 0. The number of thiophene rings is 1. The Balaban J connectivity index is 1.62. The van der Waals surface area contributed by atoms with E-state index in [4.69, 9.17) is 4.98 Å². The third-order valence-electron chi connectivity index (χ3n) is 7.54. The fourth-order valence-electron chi connectivity index (χ4n) is 5.68. The minimum atomic E-state index is -0.521. The van der Waals surface area contributed by atoms with Crippen molar-refractivity contribution in [1.82, 2.24) is 34.7 Å². The fourth-order valence-corrected chi connectivity index (χ4v) is 6.74. The molecule has 0 amide bonds. The van der Waals surface area contributed by atoms with E-state index in [1.165, 1.54) is 11.3 Å². The fraction of sp³-hybridized carbons (Fsp3) is 0.179. The number of hydrogen-bond donors (Lipinski definition) is 2. The van der Waals surface area contributed by atoms with E-state index in [1.807, 2.05) is 30.3 Å². The molecule has 6 aromatic heterocycles. The Morgan fingerprint density at radius 2 is 1.92 bits per heavy atom. The highest BCUT2D eigenvalue weighted by atomic mass is 32.1. The smallest absolute Gasteiger partial charge is 0.235 e. The number of rotatable bonds is 1. The van der Waals surface area contributed by atoms with Gasteiger partial charge in [0.05, 0.1) is 39.8 Å². The van der Waals surface area contributed by atoms with E-state index < -0.39 is 5.82 Å². The molecule has 1 fully saturated rings. The van der Waals surface area contributed by atoms with Crippen LogP contribution < -0.4 is 0 Å². The van der Waals surface area contributed by atoms with Gasteiger partial charge in [-0.2, -0.15) is 5.10 Å². The first-order chi connectivity index (χ1) is 18.7. The first-order valence-electron chi connectivity index (χ1n) is 12.6. The number of aromatic nitrogens is 7. The summed E-state index contributed by atoms with van der Waals surface area (Å²) in [5.74, 6) is -0.531. The van der Waals surface area contributed by atoms with Gasteiger partial charge in [0.25, 0.3) is 0 Å². The second-order valence-electron chi connectivity index (χ2n) is 9.79. The normalized spacial score (nSPS) is 14.6. The molecule has 2 N–H and O–H groups in total. The SMILES string of the molecule is O=C(C1CCCC1)n1c2cncc(c2)c2ncc3[nH]nc(c4nc5c(cccc5c5ccc1s5)[nH]4)c3c2F. The lowest BCUT2D eigenvalue weighted by Gasteiger charge is -2.12. The van der Waals surface area contributed by atoms with Crippen LogP contribution in [0.3, 0.4) is 0 Å². The number of H-pyrrole nitrogens is 2. The Labute approximate surface area is 217 Å². The van der Waals surface area contributed by atoms with Crippen molar-refractivity contribution in [1.29, 1.82) is 0 Å². The topological polar surface area (TPSA) is 105 Å². The van der Waals surface area contributed by atoms with Gasteiger partial charge in [0.15, 0.2) is 11.5 Å². The molecular formula is C28H20FN7OS. The Kier molecular flexibility index (Phi) is 4.57. The van der Waals surface area contributed by atoms with Crippen LogP contribution in [-0.4, -0.2) is 40.6 Å². The van der Waals surface area contributed by atoms with Crippen LogP contribution in [0.15, 0.2) is 55.0 Å². The van der Waals surface area contributed by atoms with Crippen molar-refractivity contribution in [3.05, 3.63) is 60.8 Å². The highest BCUT2D eigenvalue weighted by molar-refractivity contribution is 7.24. The van der Waals surface area contributed by atoms with Crippen LogP contribution in [0.5, 0.6) is 0 Å². The maximum absolute atomic E-state index is 16.2. The summed E-state index contributed by atoms with van der Waals surface area (Å²) in [6.07, 6.45) is 8.62. The van der Waals surface area contributed by atoms with Crippen LogP contribution in [0.1, 0.15) is 30.5 Å². The van der Waals surface area contributed by atoms with Crippen molar-refractivity contribution in [3.63, 3.8) is 0 Å². The molecule has 38 heavy (non-hydrogen) atoms. The first kappa shape index (κ1) is 21.6. The van der Waals surface area contributed by atoms with Gasteiger partial charge in [0.2, 0.25) is 5.91 Å². The molecule has 0 aliphatic heterocycles. The van der Waals surface area contributed by atoms with Crippen molar-refractivity contribution < 1.29 is 9.18 Å². The van der Waals surface area contributed by atoms with Gasteiger partial charge in [-0.3, -0.25) is 24.4 Å². The molecule has 186 valence electrons. The van der Waals surface area contributed by atoms with Gasteiger partial charge in [-0.1, -0.05) is 25.0 Å². The number of aromatic amines is 2. The average molecular weight is 522 g/mol. The molecule has 0 atom stereocenters. The molecule has 10 heteroatoms. The molecule has 7 aromatic rings. The molecule has 0 spiro atoms. The van der Waals surface area contributed by atoms with Crippen molar-refractivity contribution in [3.8, 4) is 0 Å².